The highest BCUT2D eigenvalue weighted by atomic mass is 19.1. The van der Waals surface area contributed by atoms with E-state index in [0.717, 1.165) is 31.4 Å². The molecule has 0 aliphatic carbocycles. The normalized spacial score (nSPS) is 19.6. The first-order valence-corrected chi connectivity index (χ1v) is 5.89. The molecule has 0 saturated carbocycles. The van der Waals surface area contributed by atoms with Crippen LogP contribution in [0, 0.1) is 11.6 Å². The van der Waals surface area contributed by atoms with Crippen LogP contribution >= 0.6 is 0 Å². The summed E-state index contributed by atoms with van der Waals surface area (Å²) < 4.78 is 37.5. The Morgan fingerprint density at radius 3 is 2.61 bits per heavy atom. The number of carbonyl (C=O) groups is 1. The molecule has 0 spiro atoms. The average Bonchev–Trinajstić information content (AvgIpc) is 2.38. The Balaban J connectivity index is 2.02. The van der Waals surface area contributed by atoms with Crippen molar-refractivity contribution in [1.82, 2.24) is 0 Å². The van der Waals surface area contributed by atoms with Gasteiger partial charge in [-0.25, -0.2) is 8.78 Å². The van der Waals surface area contributed by atoms with Crippen LogP contribution in [-0.4, -0.2) is 25.6 Å². The number of benzene rings is 1. The zero-order chi connectivity index (χ0) is 13.0. The summed E-state index contributed by atoms with van der Waals surface area (Å²) in [6.45, 7) is 0.775. The van der Waals surface area contributed by atoms with Gasteiger partial charge in [0, 0.05) is 12.2 Å². The Morgan fingerprint density at radius 2 is 2.06 bits per heavy atom. The van der Waals surface area contributed by atoms with Crippen LogP contribution in [-0.2, 0) is 4.74 Å². The summed E-state index contributed by atoms with van der Waals surface area (Å²) in [6, 6.07) is 1.90. The van der Waals surface area contributed by atoms with Crippen LogP contribution in [0.2, 0.25) is 0 Å². The van der Waals surface area contributed by atoms with Crippen LogP contribution in [0.4, 0.5) is 8.78 Å². The first-order chi connectivity index (χ1) is 8.70. The molecule has 0 amide bonds. The molecule has 18 heavy (non-hydrogen) atoms. The molecule has 0 N–H and O–H groups in total. The highest BCUT2D eigenvalue weighted by Gasteiger charge is 2.18. The molecule has 0 radical (unpaired) electrons. The van der Waals surface area contributed by atoms with Crippen molar-refractivity contribution in [2.45, 2.75) is 25.4 Å². The number of aldehydes is 1. The van der Waals surface area contributed by atoms with Crippen molar-refractivity contribution < 1.29 is 23.0 Å². The summed E-state index contributed by atoms with van der Waals surface area (Å²) in [5, 5.41) is 0. The van der Waals surface area contributed by atoms with Gasteiger partial charge < -0.3 is 9.47 Å². The van der Waals surface area contributed by atoms with Crippen molar-refractivity contribution >= 4 is 6.29 Å². The fraction of sp³-hybridized carbons (Fsp3) is 0.462. The third-order valence-corrected chi connectivity index (χ3v) is 2.84. The standard InChI is InChI=1S/C13H14F2O3/c14-11-5-9(7-16)6-12(15)13(11)18-8-10-3-1-2-4-17-10/h5-7,10H,1-4,8H2. The summed E-state index contributed by atoms with van der Waals surface area (Å²) in [4.78, 5) is 10.4. The lowest BCUT2D eigenvalue weighted by molar-refractivity contribution is -0.0124. The molecule has 1 saturated heterocycles. The second kappa shape index (κ2) is 5.91. The predicted molar refractivity (Wildman–Crippen MR) is 60.8 cm³/mol. The molecule has 1 aromatic rings. The molecule has 1 aliphatic heterocycles. The maximum absolute atomic E-state index is 13.5. The Kier molecular flexibility index (Phi) is 4.25. The molecule has 2 rings (SSSR count). The largest absolute Gasteiger partial charge is 0.485 e. The number of carbonyl (C=O) groups excluding carboxylic acids is 1. The fourth-order valence-corrected chi connectivity index (χ4v) is 1.90. The molecular formula is C13H14F2O3. The highest BCUT2D eigenvalue weighted by molar-refractivity contribution is 5.75. The van der Waals surface area contributed by atoms with E-state index >= 15 is 0 Å². The summed E-state index contributed by atoms with van der Waals surface area (Å²) >= 11 is 0. The molecule has 1 aliphatic rings. The molecule has 1 aromatic carbocycles. The summed E-state index contributed by atoms with van der Waals surface area (Å²) in [6.07, 6.45) is 3.13. The summed E-state index contributed by atoms with van der Waals surface area (Å²) in [5.74, 6) is -2.18. The van der Waals surface area contributed by atoms with Gasteiger partial charge in [0.2, 0.25) is 0 Å². The summed E-state index contributed by atoms with van der Waals surface area (Å²) in [7, 11) is 0. The van der Waals surface area contributed by atoms with Gasteiger partial charge in [-0.2, -0.15) is 0 Å². The van der Waals surface area contributed by atoms with Gasteiger partial charge in [-0.1, -0.05) is 0 Å². The predicted octanol–water partition coefficient (Wildman–Crippen LogP) is 2.73. The van der Waals surface area contributed by atoms with E-state index in [0.29, 0.717) is 12.9 Å². The van der Waals surface area contributed by atoms with Gasteiger partial charge in [0.1, 0.15) is 12.9 Å². The number of halogens is 2. The molecule has 1 heterocycles. The SMILES string of the molecule is O=Cc1cc(F)c(OCC2CCCCO2)c(F)c1. The van der Waals surface area contributed by atoms with Crippen LogP contribution < -0.4 is 4.74 Å². The minimum Gasteiger partial charge on any atom is -0.485 e. The van der Waals surface area contributed by atoms with Crippen LogP contribution in [0.1, 0.15) is 29.6 Å². The summed E-state index contributed by atoms with van der Waals surface area (Å²) in [5.41, 5.74) is -0.0498. The Hall–Kier alpha value is -1.49. The molecule has 3 nitrogen and oxygen atoms in total. The van der Waals surface area contributed by atoms with Gasteiger partial charge in [-0.05, 0) is 31.4 Å². The molecule has 98 valence electrons. The van der Waals surface area contributed by atoms with Gasteiger partial charge >= 0.3 is 0 Å². The van der Waals surface area contributed by atoms with E-state index < -0.39 is 17.4 Å². The lowest BCUT2D eigenvalue weighted by Crippen LogP contribution is -2.26. The number of ether oxygens (including phenoxy) is 2. The smallest absolute Gasteiger partial charge is 0.190 e. The number of hydrogen-bond acceptors (Lipinski definition) is 3. The van der Waals surface area contributed by atoms with E-state index in [-0.39, 0.29) is 18.3 Å². The van der Waals surface area contributed by atoms with E-state index in [2.05, 4.69) is 0 Å². The first kappa shape index (κ1) is 13.0. The maximum Gasteiger partial charge on any atom is 0.190 e. The van der Waals surface area contributed by atoms with Crippen molar-refractivity contribution in [3.05, 3.63) is 29.3 Å². The molecule has 1 fully saturated rings. The maximum atomic E-state index is 13.5. The first-order valence-electron chi connectivity index (χ1n) is 5.89. The third kappa shape index (κ3) is 3.04. The number of rotatable bonds is 4. The van der Waals surface area contributed by atoms with Crippen molar-refractivity contribution in [1.29, 1.82) is 0 Å². The van der Waals surface area contributed by atoms with Crippen LogP contribution in [0.3, 0.4) is 0 Å². The van der Waals surface area contributed by atoms with E-state index in [1.54, 1.807) is 0 Å². The van der Waals surface area contributed by atoms with Gasteiger partial charge in [-0.3, -0.25) is 4.79 Å². The van der Waals surface area contributed by atoms with E-state index in [4.69, 9.17) is 9.47 Å². The van der Waals surface area contributed by atoms with Gasteiger partial charge in [0.15, 0.2) is 17.4 Å². The van der Waals surface area contributed by atoms with Crippen molar-refractivity contribution in [2.24, 2.45) is 0 Å². The molecule has 1 unspecified atom stereocenters. The van der Waals surface area contributed by atoms with E-state index in [1.165, 1.54) is 0 Å². The second-order valence-corrected chi connectivity index (χ2v) is 4.23. The van der Waals surface area contributed by atoms with Crippen molar-refractivity contribution in [3.63, 3.8) is 0 Å². The Morgan fingerprint density at radius 1 is 1.33 bits per heavy atom. The van der Waals surface area contributed by atoms with Gasteiger partial charge in [0.05, 0.1) is 6.10 Å². The fourth-order valence-electron chi connectivity index (χ4n) is 1.90. The molecule has 1 atom stereocenters. The third-order valence-electron chi connectivity index (χ3n) is 2.84. The molecular weight excluding hydrogens is 242 g/mol. The highest BCUT2D eigenvalue weighted by Crippen LogP contribution is 2.24. The van der Waals surface area contributed by atoms with Gasteiger partial charge in [-0.15, -0.1) is 0 Å². The van der Waals surface area contributed by atoms with Crippen molar-refractivity contribution in [2.75, 3.05) is 13.2 Å². The average molecular weight is 256 g/mol. The number of hydrogen-bond donors (Lipinski definition) is 0. The van der Waals surface area contributed by atoms with E-state index in [1.807, 2.05) is 0 Å². The minimum atomic E-state index is -0.868. The minimum absolute atomic E-state index is 0.0498. The van der Waals surface area contributed by atoms with Crippen molar-refractivity contribution in [3.8, 4) is 5.75 Å². The Bertz CT molecular complexity index is 405. The van der Waals surface area contributed by atoms with Crippen LogP contribution in [0.15, 0.2) is 12.1 Å². The van der Waals surface area contributed by atoms with Gasteiger partial charge in [0.25, 0.3) is 0 Å². The van der Waals surface area contributed by atoms with Crippen LogP contribution in [0.5, 0.6) is 5.75 Å². The zero-order valence-corrected chi connectivity index (χ0v) is 9.83. The molecule has 0 aromatic heterocycles. The topological polar surface area (TPSA) is 35.5 Å². The molecule has 0 bridgehead atoms. The Labute approximate surface area is 104 Å². The quantitative estimate of drug-likeness (QED) is 0.777. The zero-order valence-electron chi connectivity index (χ0n) is 9.83. The lowest BCUT2D eigenvalue weighted by atomic mass is 10.1. The van der Waals surface area contributed by atoms with E-state index in [9.17, 15) is 13.6 Å². The lowest BCUT2D eigenvalue weighted by Gasteiger charge is -2.22. The monoisotopic (exact) mass is 256 g/mol. The van der Waals surface area contributed by atoms with Crippen LogP contribution in [0.25, 0.3) is 0 Å². The second-order valence-electron chi connectivity index (χ2n) is 4.23. The molecule has 5 heteroatoms.